The molecule has 0 aromatic carbocycles. The predicted molar refractivity (Wildman–Crippen MR) is 75.4 cm³/mol. The average molecular weight is 279 g/mol. The summed E-state index contributed by atoms with van der Waals surface area (Å²) in [5.41, 5.74) is 5.05. The molecule has 1 fully saturated rings. The lowest BCUT2D eigenvalue weighted by Crippen LogP contribution is -2.53. The Morgan fingerprint density at radius 1 is 1.45 bits per heavy atom. The van der Waals surface area contributed by atoms with Crippen LogP contribution in [0.1, 0.15) is 20.8 Å². The molecule has 1 saturated heterocycles. The van der Waals surface area contributed by atoms with Gasteiger partial charge in [0.25, 0.3) is 0 Å². The van der Waals surface area contributed by atoms with Crippen LogP contribution in [0.25, 0.3) is 0 Å². The molecular weight excluding hydrogens is 258 g/mol. The average Bonchev–Trinajstić information content (AvgIpc) is 2.27. The Morgan fingerprint density at radius 3 is 2.70 bits per heavy atom. The van der Waals surface area contributed by atoms with Gasteiger partial charge in [0, 0.05) is 19.0 Å². The normalized spacial score (nSPS) is 15.7. The van der Waals surface area contributed by atoms with Crippen molar-refractivity contribution in [2.24, 2.45) is 5.92 Å². The van der Waals surface area contributed by atoms with Crippen LogP contribution in [0.3, 0.4) is 0 Å². The quantitative estimate of drug-likeness (QED) is 0.914. The molecule has 0 bridgehead atoms. The molecule has 6 nitrogen and oxygen atoms in total. The van der Waals surface area contributed by atoms with Gasteiger partial charge >= 0.3 is 6.09 Å². The molecule has 1 aliphatic heterocycles. The van der Waals surface area contributed by atoms with E-state index in [0.29, 0.717) is 37.2 Å². The standard InChI is InChI=1S/C14H21N3O3/c1-14(2,3)20-13(18)17-7-10(8-17)9-19-11-4-5-12(15)16-6-11/h4-6,10H,7-9H2,1-3H3,(H2,15,16). The second-order valence-electron chi connectivity index (χ2n) is 5.98. The molecule has 0 radical (unpaired) electrons. The molecule has 110 valence electrons. The second-order valence-corrected chi connectivity index (χ2v) is 5.98. The van der Waals surface area contributed by atoms with Gasteiger partial charge in [0.2, 0.25) is 0 Å². The van der Waals surface area contributed by atoms with Crippen molar-refractivity contribution in [1.82, 2.24) is 9.88 Å². The summed E-state index contributed by atoms with van der Waals surface area (Å²) in [6, 6.07) is 3.48. The predicted octanol–water partition coefficient (Wildman–Crippen LogP) is 1.91. The van der Waals surface area contributed by atoms with Gasteiger partial charge in [-0.15, -0.1) is 0 Å². The zero-order chi connectivity index (χ0) is 14.8. The highest BCUT2D eigenvalue weighted by atomic mass is 16.6. The van der Waals surface area contributed by atoms with E-state index >= 15 is 0 Å². The summed E-state index contributed by atoms with van der Waals surface area (Å²) in [7, 11) is 0. The van der Waals surface area contributed by atoms with Crippen LogP contribution in [0.15, 0.2) is 18.3 Å². The Labute approximate surface area is 118 Å². The van der Waals surface area contributed by atoms with Crippen LogP contribution in [-0.4, -0.2) is 41.3 Å². The van der Waals surface area contributed by atoms with Crippen molar-refractivity contribution < 1.29 is 14.3 Å². The van der Waals surface area contributed by atoms with Gasteiger partial charge in [-0.3, -0.25) is 0 Å². The van der Waals surface area contributed by atoms with Crippen LogP contribution >= 0.6 is 0 Å². The maximum absolute atomic E-state index is 11.7. The van der Waals surface area contributed by atoms with E-state index in [1.165, 1.54) is 0 Å². The minimum atomic E-state index is -0.450. The highest BCUT2D eigenvalue weighted by Gasteiger charge is 2.33. The van der Waals surface area contributed by atoms with E-state index in [1.807, 2.05) is 20.8 Å². The molecule has 0 aliphatic carbocycles. The van der Waals surface area contributed by atoms with Crippen LogP contribution in [0, 0.1) is 5.92 Å². The van der Waals surface area contributed by atoms with Gasteiger partial charge in [0.15, 0.2) is 0 Å². The molecule has 1 aromatic rings. The van der Waals surface area contributed by atoms with Crippen LogP contribution in [-0.2, 0) is 4.74 Å². The lowest BCUT2D eigenvalue weighted by Gasteiger charge is -2.39. The first-order valence-corrected chi connectivity index (χ1v) is 6.66. The fourth-order valence-electron chi connectivity index (χ4n) is 1.84. The van der Waals surface area contributed by atoms with E-state index in [9.17, 15) is 4.79 Å². The molecule has 0 unspecified atom stereocenters. The largest absolute Gasteiger partial charge is 0.492 e. The van der Waals surface area contributed by atoms with Gasteiger partial charge in [-0.25, -0.2) is 9.78 Å². The highest BCUT2D eigenvalue weighted by Crippen LogP contribution is 2.21. The fraction of sp³-hybridized carbons (Fsp3) is 0.571. The summed E-state index contributed by atoms with van der Waals surface area (Å²) in [5, 5.41) is 0. The van der Waals surface area contributed by atoms with Gasteiger partial charge in [-0.2, -0.15) is 0 Å². The van der Waals surface area contributed by atoms with Crippen LogP contribution in [0.5, 0.6) is 5.75 Å². The number of carbonyl (C=O) groups is 1. The van der Waals surface area contributed by atoms with Gasteiger partial charge in [0.05, 0.1) is 12.8 Å². The maximum atomic E-state index is 11.7. The van der Waals surface area contributed by atoms with Crippen molar-refractivity contribution in [2.45, 2.75) is 26.4 Å². The zero-order valence-electron chi connectivity index (χ0n) is 12.1. The van der Waals surface area contributed by atoms with Gasteiger partial charge in [0.1, 0.15) is 17.2 Å². The minimum absolute atomic E-state index is 0.261. The summed E-state index contributed by atoms with van der Waals surface area (Å²) >= 11 is 0. The minimum Gasteiger partial charge on any atom is -0.492 e. The summed E-state index contributed by atoms with van der Waals surface area (Å²) < 4.78 is 10.9. The molecule has 0 spiro atoms. The number of ether oxygens (including phenoxy) is 2. The summed E-state index contributed by atoms with van der Waals surface area (Å²) in [5.74, 6) is 1.49. The molecule has 0 atom stereocenters. The maximum Gasteiger partial charge on any atom is 0.410 e. The van der Waals surface area contributed by atoms with Gasteiger partial charge < -0.3 is 20.1 Å². The number of nitrogens with zero attached hydrogens (tertiary/aromatic N) is 2. The number of nitrogen functional groups attached to an aromatic ring is 1. The third kappa shape index (κ3) is 4.01. The Hall–Kier alpha value is -1.98. The number of aromatic nitrogens is 1. The number of hydrogen-bond acceptors (Lipinski definition) is 5. The van der Waals surface area contributed by atoms with E-state index in [1.54, 1.807) is 23.2 Å². The Morgan fingerprint density at radius 2 is 2.15 bits per heavy atom. The van der Waals surface area contributed by atoms with E-state index in [0.717, 1.165) is 0 Å². The molecule has 2 heterocycles. The lowest BCUT2D eigenvalue weighted by molar-refractivity contribution is -0.00783. The fourth-order valence-corrected chi connectivity index (χ4v) is 1.84. The SMILES string of the molecule is CC(C)(C)OC(=O)N1CC(COc2ccc(N)nc2)C1. The van der Waals surface area contributed by atoms with E-state index in [2.05, 4.69) is 4.98 Å². The number of carbonyl (C=O) groups excluding carboxylic acids is 1. The summed E-state index contributed by atoms with van der Waals surface area (Å²) in [6.07, 6.45) is 1.34. The van der Waals surface area contributed by atoms with Crippen molar-refractivity contribution >= 4 is 11.9 Å². The summed E-state index contributed by atoms with van der Waals surface area (Å²) in [4.78, 5) is 17.4. The first-order valence-electron chi connectivity index (χ1n) is 6.66. The van der Waals surface area contributed by atoms with E-state index in [-0.39, 0.29) is 6.09 Å². The number of pyridine rings is 1. The van der Waals surface area contributed by atoms with Crippen molar-refractivity contribution in [3.63, 3.8) is 0 Å². The Bertz CT molecular complexity index is 462. The molecule has 20 heavy (non-hydrogen) atoms. The third-order valence-electron chi connectivity index (χ3n) is 2.85. The van der Waals surface area contributed by atoms with E-state index in [4.69, 9.17) is 15.2 Å². The first-order chi connectivity index (χ1) is 9.33. The molecule has 1 aliphatic rings. The van der Waals surface area contributed by atoms with Crippen LogP contribution in [0.4, 0.5) is 10.6 Å². The molecule has 0 saturated carbocycles. The number of amides is 1. The monoisotopic (exact) mass is 279 g/mol. The number of nitrogens with two attached hydrogens (primary N) is 1. The number of likely N-dealkylation sites (tertiary alicyclic amines) is 1. The van der Waals surface area contributed by atoms with Gasteiger partial charge in [-0.1, -0.05) is 0 Å². The molecule has 1 amide bonds. The Balaban J connectivity index is 1.69. The molecule has 6 heteroatoms. The second kappa shape index (κ2) is 5.56. The lowest BCUT2D eigenvalue weighted by atomic mass is 10.0. The summed E-state index contributed by atoms with van der Waals surface area (Å²) in [6.45, 7) is 7.47. The topological polar surface area (TPSA) is 77.7 Å². The van der Waals surface area contributed by atoms with Crippen LogP contribution < -0.4 is 10.5 Å². The smallest absolute Gasteiger partial charge is 0.410 e. The van der Waals surface area contributed by atoms with Crippen molar-refractivity contribution in [1.29, 1.82) is 0 Å². The molecular formula is C14H21N3O3. The van der Waals surface area contributed by atoms with E-state index < -0.39 is 5.60 Å². The third-order valence-corrected chi connectivity index (χ3v) is 2.85. The van der Waals surface area contributed by atoms with Crippen molar-refractivity contribution in [3.8, 4) is 5.75 Å². The first kappa shape index (κ1) is 14.4. The molecule has 1 aromatic heterocycles. The number of rotatable bonds is 3. The van der Waals surface area contributed by atoms with Crippen molar-refractivity contribution in [3.05, 3.63) is 18.3 Å². The zero-order valence-corrected chi connectivity index (χ0v) is 12.1. The number of hydrogen-bond donors (Lipinski definition) is 1. The van der Waals surface area contributed by atoms with Gasteiger partial charge in [-0.05, 0) is 32.9 Å². The Kier molecular flexibility index (Phi) is 4.01. The highest BCUT2D eigenvalue weighted by molar-refractivity contribution is 5.69. The van der Waals surface area contributed by atoms with Crippen LogP contribution in [0.2, 0.25) is 0 Å². The van der Waals surface area contributed by atoms with Crippen molar-refractivity contribution in [2.75, 3.05) is 25.4 Å². The number of anilines is 1. The molecule has 2 rings (SSSR count). The molecule has 2 N–H and O–H groups in total.